The first-order valence-corrected chi connectivity index (χ1v) is 4.34. The van der Waals surface area contributed by atoms with Gasteiger partial charge in [-0.3, -0.25) is 4.79 Å². The lowest BCUT2D eigenvalue weighted by Gasteiger charge is -2.39. The number of allylic oxidation sites excluding steroid dienone is 3. The Morgan fingerprint density at radius 1 is 1.23 bits per heavy atom. The smallest absolute Gasteiger partial charge is 0.314 e. The summed E-state index contributed by atoms with van der Waals surface area (Å²) in [6.07, 6.45) is 8.91. The quantitative estimate of drug-likeness (QED) is 0.671. The molecule has 2 nitrogen and oxygen atoms in total. The molecule has 0 fully saturated rings. The molecule has 0 aromatic carbocycles. The molecule has 1 aliphatic rings. The van der Waals surface area contributed by atoms with E-state index in [2.05, 4.69) is 0 Å². The van der Waals surface area contributed by atoms with Crippen molar-refractivity contribution in [1.29, 1.82) is 0 Å². The molecule has 0 aliphatic heterocycles. The summed E-state index contributed by atoms with van der Waals surface area (Å²) in [5.74, 6) is -0.791. The van der Waals surface area contributed by atoms with Crippen molar-refractivity contribution in [2.75, 3.05) is 0 Å². The van der Waals surface area contributed by atoms with E-state index in [1.165, 1.54) is 0 Å². The molecule has 0 saturated carbocycles. The molecule has 71 valence electrons. The Labute approximate surface area is 79.0 Å². The zero-order chi connectivity index (χ0) is 10.1. The van der Waals surface area contributed by atoms with E-state index in [1.54, 1.807) is 24.6 Å². The molecule has 1 aliphatic carbocycles. The molecule has 1 rings (SSSR count). The molecule has 2 heteroatoms. The van der Waals surface area contributed by atoms with Crippen LogP contribution in [-0.4, -0.2) is 11.1 Å². The van der Waals surface area contributed by atoms with Crippen LogP contribution in [0, 0.1) is 17.3 Å². The molecule has 0 bridgehead atoms. The predicted molar refractivity (Wildman–Crippen MR) is 52.1 cm³/mol. The minimum Gasteiger partial charge on any atom is -0.481 e. The van der Waals surface area contributed by atoms with Gasteiger partial charge < -0.3 is 5.11 Å². The fourth-order valence-electron chi connectivity index (χ4n) is 1.50. The van der Waals surface area contributed by atoms with E-state index in [-0.39, 0.29) is 5.41 Å². The Hall–Kier alpha value is -1.05. The van der Waals surface area contributed by atoms with Gasteiger partial charge in [-0.15, -0.1) is 0 Å². The standard InChI is InChI=1S/C11H15O2/c1-10(2,3)11(9(12)13)7-5-4-6-8-11/h4-8H,1-3H3,(H,12,13). The summed E-state index contributed by atoms with van der Waals surface area (Å²) in [5, 5.41) is 9.21. The van der Waals surface area contributed by atoms with Gasteiger partial charge >= 0.3 is 5.97 Å². The molecule has 1 radical (unpaired) electrons. The fourth-order valence-corrected chi connectivity index (χ4v) is 1.50. The zero-order valence-corrected chi connectivity index (χ0v) is 8.24. The van der Waals surface area contributed by atoms with Crippen LogP contribution in [0.1, 0.15) is 20.8 Å². The second kappa shape index (κ2) is 3.02. The maximum Gasteiger partial charge on any atom is 0.314 e. The molecule has 0 aromatic rings. The van der Waals surface area contributed by atoms with Crippen molar-refractivity contribution in [3.05, 3.63) is 30.7 Å². The molecule has 1 atom stereocenters. The third-order valence-corrected chi connectivity index (χ3v) is 2.54. The second-order valence-corrected chi connectivity index (χ2v) is 4.33. The molecule has 0 heterocycles. The van der Waals surface area contributed by atoms with Crippen molar-refractivity contribution >= 4 is 5.97 Å². The highest BCUT2D eigenvalue weighted by molar-refractivity contribution is 5.81. The molecular formula is C11H15O2. The van der Waals surface area contributed by atoms with Crippen LogP contribution in [0.5, 0.6) is 0 Å². The van der Waals surface area contributed by atoms with Crippen LogP contribution in [-0.2, 0) is 4.79 Å². The van der Waals surface area contributed by atoms with E-state index < -0.39 is 11.4 Å². The Balaban J connectivity index is 3.10. The lowest BCUT2D eigenvalue weighted by atomic mass is 9.63. The molecule has 0 amide bonds. The first kappa shape index (κ1) is 10.0. The number of carboxylic acids is 1. The van der Waals surface area contributed by atoms with Crippen molar-refractivity contribution < 1.29 is 9.90 Å². The maximum atomic E-state index is 11.2. The monoisotopic (exact) mass is 179 g/mol. The summed E-state index contributed by atoms with van der Waals surface area (Å²) < 4.78 is 0. The molecular weight excluding hydrogens is 164 g/mol. The molecule has 13 heavy (non-hydrogen) atoms. The SMILES string of the molecule is CC(C)(C)C1(C(=O)O)[CH]C=CC=C1. The highest BCUT2D eigenvalue weighted by atomic mass is 16.4. The van der Waals surface area contributed by atoms with Gasteiger partial charge in [-0.1, -0.05) is 45.1 Å². The fraction of sp³-hybridized carbons (Fsp3) is 0.455. The van der Waals surface area contributed by atoms with Gasteiger partial charge in [-0.2, -0.15) is 0 Å². The lowest BCUT2D eigenvalue weighted by molar-refractivity contribution is -0.149. The van der Waals surface area contributed by atoms with Crippen molar-refractivity contribution in [1.82, 2.24) is 0 Å². The second-order valence-electron chi connectivity index (χ2n) is 4.33. The van der Waals surface area contributed by atoms with Crippen molar-refractivity contribution in [3.8, 4) is 0 Å². The Morgan fingerprint density at radius 2 is 1.85 bits per heavy atom. The van der Waals surface area contributed by atoms with Gasteiger partial charge in [0.15, 0.2) is 0 Å². The van der Waals surface area contributed by atoms with E-state index in [9.17, 15) is 9.90 Å². The number of hydrogen-bond donors (Lipinski definition) is 1. The zero-order valence-electron chi connectivity index (χ0n) is 8.24. The van der Waals surface area contributed by atoms with E-state index in [4.69, 9.17) is 0 Å². The van der Waals surface area contributed by atoms with Gasteiger partial charge in [0.05, 0.1) is 5.41 Å². The molecule has 1 unspecified atom stereocenters. The Bertz CT molecular complexity index is 268. The van der Waals surface area contributed by atoms with Crippen molar-refractivity contribution in [3.63, 3.8) is 0 Å². The van der Waals surface area contributed by atoms with Gasteiger partial charge in [0.2, 0.25) is 0 Å². The van der Waals surface area contributed by atoms with Gasteiger partial charge in [0, 0.05) is 6.42 Å². The molecule has 0 saturated heterocycles. The van der Waals surface area contributed by atoms with Crippen LogP contribution < -0.4 is 0 Å². The summed E-state index contributed by atoms with van der Waals surface area (Å²) >= 11 is 0. The first-order valence-electron chi connectivity index (χ1n) is 4.34. The van der Waals surface area contributed by atoms with Crippen LogP contribution in [0.3, 0.4) is 0 Å². The average molecular weight is 179 g/mol. The number of carbonyl (C=O) groups is 1. The molecule has 0 aromatic heterocycles. The summed E-state index contributed by atoms with van der Waals surface area (Å²) in [7, 11) is 0. The Kier molecular flexibility index (Phi) is 2.33. The number of aliphatic carboxylic acids is 1. The maximum absolute atomic E-state index is 11.2. The topological polar surface area (TPSA) is 37.3 Å². The van der Waals surface area contributed by atoms with Crippen LogP contribution in [0.25, 0.3) is 0 Å². The number of carboxylic acid groups (broad SMARTS) is 1. The summed E-state index contributed by atoms with van der Waals surface area (Å²) in [6.45, 7) is 5.80. The van der Waals surface area contributed by atoms with Crippen LogP contribution in [0.15, 0.2) is 24.3 Å². The van der Waals surface area contributed by atoms with E-state index in [0.717, 1.165) is 0 Å². The highest BCUT2D eigenvalue weighted by Crippen LogP contribution is 2.44. The summed E-state index contributed by atoms with van der Waals surface area (Å²) in [4.78, 5) is 11.2. The first-order chi connectivity index (χ1) is 5.90. The van der Waals surface area contributed by atoms with Crippen LogP contribution in [0.2, 0.25) is 0 Å². The lowest BCUT2D eigenvalue weighted by Crippen LogP contribution is -2.42. The van der Waals surface area contributed by atoms with Crippen molar-refractivity contribution in [2.45, 2.75) is 20.8 Å². The minimum atomic E-state index is -0.859. The van der Waals surface area contributed by atoms with E-state index in [0.29, 0.717) is 0 Å². The summed E-state index contributed by atoms with van der Waals surface area (Å²) in [6, 6.07) is 0. The van der Waals surface area contributed by atoms with E-state index >= 15 is 0 Å². The van der Waals surface area contributed by atoms with Gasteiger partial charge in [-0.05, 0) is 5.41 Å². The third-order valence-electron chi connectivity index (χ3n) is 2.54. The molecule has 1 N–H and O–H groups in total. The van der Waals surface area contributed by atoms with E-state index in [1.807, 2.05) is 26.8 Å². The van der Waals surface area contributed by atoms with Gasteiger partial charge in [0.1, 0.15) is 0 Å². The average Bonchev–Trinajstić information content (AvgIpc) is 2.03. The normalized spacial score (nSPS) is 27.6. The van der Waals surface area contributed by atoms with Gasteiger partial charge in [0.25, 0.3) is 0 Å². The van der Waals surface area contributed by atoms with Crippen molar-refractivity contribution in [2.24, 2.45) is 10.8 Å². The van der Waals surface area contributed by atoms with Gasteiger partial charge in [-0.25, -0.2) is 0 Å². The number of rotatable bonds is 1. The summed E-state index contributed by atoms with van der Waals surface area (Å²) in [5.41, 5.74) is -1.16. The predicted octanol–water partition coefficient (Wildman–Crippen LogP) is 2.43. The minimum absolute atomic E-state index is 0.305. The Morgan fingerprint density at radius 3 is 2.08 bits per heavy atom. The third kappa shape index (κ3) is 1.53. The highest BCUT2D eigenvalue weighted by Gasteiger charge is 2.46. The van der Waals surface area contributed by atoms with Crippen LogP contribution in [0.4, 0.5) is 0 Å². The van der Waals surface area contributed by atoms with Crippen LogP contribution >= 0.6 is 0 Å². The largest absolute Gasteiger partial charge is 0.481 e. The number of hydrogen-bond acceptors (Lipinski definition) is 1. The molecule has 0 spiro atoms.